The number of aliphatic imine (C=N–C) groups is 1. The zero-order valence-corrected chi connectivity index (χ0v) is 12.8. The van der Waals surface area contributed by atoms with Crippen LogP contribution < -0.4 is 10.6 Å². The highest BCUT2D eigenvalue weighted by molar-refractivity contribution is 8.13. The van der Waals surface area contributed by atoms with Gasteiger partial charge in [0.15, 0.2) is 5.17 Å². The molecule has 2 N–H and O–H groups in total. The molecule has 0 radical (unpaired) electrons. The lowest BCUT2D eigenvalue weighted by molar-refractivity contribution is 0.219. The average Bonchev–Trinajstić information content (AvgIpc) is 2.78. The van der Waals surface area contributed by atoms with Crippen LogP contribution in [0.4, 0.5) is 9.59 Å². The number of carbonyl (C=O) groups is 2. The minimum atomic E-state index is -0.352. The van der Waals surface area contributed by atoms with Crippen LogP contribution in [0.3, 0.4) is 0 Å². The number of hydrogen-bond donors (Lipinski definition) is 2. The number of carbonyl (C=O) groups excluding carboxylic acids is 2. The van der Waals surface area contributed by atoms with Crippen LogP contribution >= 0.6 is 11.8 Å². The summed E-state index contributed by atoms with van der Waals surface area (Å²) in [6, 6.07) is -0.632. The molecule has 0 spiro atoms. The van der Waals surface area contributed by atoms with Crippen LogP contribution in [0.1, 0.15) is 33.6 Å². The van der Waals surface area contributed by atoms with E-state index in [1.165, 1.54) is 11.8 Å². The van der Waals surface area contributed by atoms with Crippen LogP contribution in [-0.4, -0.2) is 47.0 Å². The molecule has 0 aromatic carbocycles. The highest BCUT2D eigenvalue weighted by Gasteiger charge is 2.19. The minimum absolute atomic E-state index is 0.280. The van der Waals surface area contributed by atoms with E-state index in [2.05, 4.69) is 15.6 Å². The van der Waals surface area contributed by atoms with E-state index in [1.807, 2.05) is 20.8 Å². The van der Waals surface area contributed by atoms with Gasteiger partial charge >= 0.3 is 12.1 Å². The van der Waals surface area contributed by atoms with E-state index in [0.29, 0.717) is 5.17 Å². The number of urea groups is 2. The molecule has 0 aliphatic carbocycles. The third-order valence-electron chi connectivity index (χ3n) is 2.48. The molecule has 1 heterocycles. The Balaban J connectivity index is 2.56. The van der Waals surface area contributed by atoms with Gasteiger partial charge in [-0.15, -0.1) is 0 Å². The van der Waals surface area contributed by atoms with Gasteiger partial charge in [0.1, 0.15) is 0 Å². The number of nitrogens with zero attached hydrogens (tertiary/aromatic N) is 2. The van der Waals surface area contributed by atoms with Gasteiger partial charge in [0.25, 0.3) is 0 Å². The second kappa shape index (κ2) is 6.79. The van der Waals surface area contributed by atoms with E-state index >= 15 is 0 Å². The molecule has 19 heavy (non-hydrogen) atoms. The molecule has 0 unspecified atom stereocenters. The van der Waals surface area contributed by atoms with Crippen molar-refractivity contribution >= 4 is 29.0 Å². The van der Waals surface area contributed by atoms with Crippen LogP contribution in [0, 0.1) is 0 Å². The first-order valence-corrected chi connectivity index (χ1v) is 7.55. The topological polar surface area (TPSA) is 73.8 Å². The summed E-state index contributed by atoms with van der Waals surface area (Å²) in [5.74, 6) is 0. The fourth-order valence-corrected chi connectivity index (χ4v) is 2.02. The van der Waals surface area contributed by atoms with Crippen molar-refractivity contribution in [2.75, 3.05) is 19.3 Å². The molecule has 1 aliphatic heterocycles. The fraction of sp³-hybridized carbons (Fsp3) is 0.750. The Bertz CT molecular complexity index is 370. The number of hydrogen-bond acceptors (Lipinski definition) is 3. The average molecular weight is 286 g/mol. The van der Waals surface area contributed by atoms with Gasteiger partial charge in [-0.1, -0.05) is 11.8 Å². The highest BCUT2D eigenvalue weighted by atomic mass is 32.2. The van der Waals surface area contributed by atoms with Crippen LogP contribution in [-0.2, 0) is 0 Å². The second-order valence-electron chi connectivity index (χ2n) is 5.43. The Labute approximate surface area is 118 Å². The smallest absolute Gasteiger partial charge is 0.333 e. The number of likely N-dealkylation sites (tertiary alicyclic amines) is 1. The van der Waals surface area contributed by atoms with Gasteiger partial charge in [-0.05, 0) is 39.9 Å². The summed E-state index contributed by atoms with van der Waals surface area (Å²) < 4.78 is 0. The van der Waals surface area contributed by atoms with Crippen molar-refractivity contribution in [1.82, 2.24) is 15.5 Å². The summed E-state index contributed by atoms with van der Waals surface area (Å²) in [5.41, 5.74) is -0.327. The third kappa shape index (κ3) is 5.96. The fourth-order valence-electron chi connectivity index (χ4n) is 1.66. The summed E-state index contributed by atoms with van der Waals surface area (Å²) in [7, 11) is 0. The molecule has 0 saturated carbocycles. The van der Waals surface area contributed by atoms with Gasteiger partial charge < -0.3 is 10.2 Å². The van der Waals surface area contributed by atoms with Gasteiger partial charge in [0, 0.05) is 18.6 Å². The Morgan fingerprint density at radius 1 is 1.21 bits per heavy atom. The Kier molecular flexibility index (Phi) is 5.65. The summed E-state index contributed by atoms with van der Waals surface area (Å²) in [5, 5.41) is 5.67. The number of thioether (sulfide) groups is 1. The summed E-state index contributed by atoms with van der Waals surface area (Å²) in [6.07, 6.45) is 3.81. The molecular formula is C12H22N4O2S. The van der Waals surface area contributed by atoms with E-state index in [-0.39, 0.29) is 17.6 Å². The lowest BCUT2D eigenvalue weighted by atomic mass is 10.1. The minimum Gasteiger partial charge on any atom is -0.333 e. The number of rotatable bonds is 0. The van der Waals surface area contributed by atoms with Gasteiger partial charge in [-0.25, -0.2) is 9.59 Å². The highest BCUT2D eigenvalue weighted by Crippen LogP contribution is 2.09. The number of nitrogens with one attached hydrogen (secondary N) is 2. The molecule has 0 aromatic heterocycles. The molecule has 1 fully saturated rings. The quantitative estimate of drug-likeness (QED) is 0.528. The van der Waals surface area contributed by atoms with E-state index in [9.17, 15) is 9.59 Å². The molecule has 7 heteroatoms. The summed E-state index contributed by atoms with van der Waals surface area (Å²) in [6.45, 7) is 7.16. The van der Waals surface area contributed by atoms with Gasteiger partial charge in [-0.2, -0.15) is 4.99 Å². The van der Waals surface area contributed by atoms with E-state index in [0.717, 1.165) is 25.9 Å². The number of amides is 4. The molecule has 0 atom stereocenters. The maximum atomic E-state index is 11.8. The van der Waals surface area contributed by atoms with Crippen molar-refractivity contribution < 1.29 is 9.59 Å². The predicted octanol–water partition coefficient (Wildman–Crippen LogP) is 2.02. The zero-order chi connectivity index (χ0) is 14.5. The number of amidine groups is 1. The van der Waals surface area contributed by atoms with Gasteiger partial charge in [-0.3, -0.25) is 5.32 Å². The predicted molar refractivity (Wildman–Crippen MR) is 78.6 cm³/mol. The lowest BCUT2D eigenvalue weighted by Crippen LogP contribution is -2.48. The van der Waals surface area contributed by atoms with Crippen molar-refractivity contribution in [3.05, 3.63) is 0 Å². The summed E-state index contributed by atoms with van der Waals surface area (Å²) in [4.78, 5) is 29.2. The lowest BCUT2D eigenvalue weighted by Gasteiger charge is -2.21. The molecule has 4 amide bonds. The molecule has 1 aliphatic rings. The van der Waals surface area contributed by atoms with Crippen molar-refractivity contribution in [3.63, 3.8) is 0 Å². The van der Waals surface area contributed by atoms with Crippen LogP contribution in [0.25, 0.3) is 0 Å². The molecule has 108 valence electrons. The maximum absolute atomic E-state index is 11.8. The van der Waals surface area contributed by atoms with Crippen molar-refractivity contribution in [3.8, 4) is 0 Å². The first-order chi connectivity index (χ1) is 8.81. The zero-order valence-electron chi connectivity index (χ0n) is 11.9. The molecule has 1 rings (SSSR count). The normalized spacial score (nSPS) is 16.4. The monoisotopic (exact) mass is 286 g/mol. The van der Waals surface area contributed by atoms with E-state index in [4.69, 9.17) is 0 Å². The van der Waals surface area contributed by atoms with E-state index < -0.39 is 0 Å². The van der Waals surface area contributed by atoms with Crippen LogP contribution in [0.15, 0.2) is 4.99 Å². The Hall–Kier alpha value is -1.24. The summed E-state index contributed by atoms with van der Waals surface area (Å²) >= 11 is 1.24. The van der Waals surface area contributed by atoms with Crippen molar-refractivity contribution in [2.24, 2.45) is 4.99 Å². The Morgan fingerprint density at radius 3 is 2.26 bits per heavy atom. The van der Waals surface area contributed by atoms with Crippen LogP contribution in [0.2, 0.25) is 0 Å². The van der Waals surface area contributed by atoms with Gasteiger partial charge in [0.05, 0.1) is 0 Å². The van der Waals surface area contributed by atoms with Crippen molar-refractivity contribution in [2.45, 2.75) is 39.2 Å². The molecule has 0 aromatic rings. The maximum Gasteiger partial charge on any atom is 0.345 e. The second-order valence-corrected chi connectivity index (χ2v) is 6.22. The molecule has 0 bridgehead atoms. The van der Waals surface area contributed by atoms with E-state index in [1.54, 1.807) is 11.2 Å². The molecular weight excluding hydrogens is 264 g/mol. The van der Waals surface area contributed by atoms with Crippen molar-refractivity contribution in [1.29, 1.82) is 0 Å². The third-order valence-corrected chi connectivity index (χ3v) is 3.06. The first kappa shape index (κ1) is 15.8. The standard InChI is InChI=1S/C12H22N4O2S/c1-12(2,3)15-9(17)13-10(19-4)14-11(18)16-7-5-6-8-16/h5-8H2,1-4H3,(H2,13,14,15,17,18). The van der Waals surface area contributed by atoms with Gasteiger partial charge in [0.2, 0.25) is 0 Å². The first-order valence-electron chi connectivity index (χ1n) is 6.32. The largest absolute Gasteiger partial charge is 0.345 e. The van der Waals surface area contributed by atoms with Crippen LogP contribution in [0.5, 0.6) is 0 Å². The SMILES string of the molecule is CSC(=NC(=O)N1CCCC1)NC(=O)NC(C)(C)C. The molecule has 1 saturated heterocycles. The Morgan fingerprint density at radius 2 is 1.79 bits per heavy atom. The molecule has 6 nitrogen and oxygen atoms in total.